The van der Waals surface area contributed by atoms with Gasteiger partial charge in [0.05, 0.1) is 0 Å². The number of hydrogen-bond acceptors (Lipinski definition) is 4. The molecule has 0 aliphatic carbocycles. The van der Waals surface area contributed by atoms with Gasteiger partial charge in [-0.2, -0.15) is 5.10 Å². The molecular weight excluding hydrogens is 246 g/mol. The number of rotatable bonds is 2. The Bertz CT molecular complexity index is 470. The van der Waals surface area contributed by atoms with Crippen LogP contribution in [0.4, 0.5) is 5.82 Å². The predicted molar refractivity (Wildman–Crippen MR) is 70.1 cm³/mol. The largest absolute Gasteiger partial charge is 0.382 e. The van der Waals surface area contributed by atoms with Gasteiger partial charge in [0.25, 0.3) is 0 Å². The molecule has 0 spiro atoms. The Balaban J connectivity index is 1.91. The van der Waals surface area contributed by atoms with Gasteiger partial charge >= 0.3 is 0 Å². The first-order valence-electron chi connectivity index (χ1n) is 6.38. The topological polar surface area (TPSA) is 84.5 Å². The Labute approximate surface area is 111 Å². The summed E-state index contributed by atoms with van der Waals surface area (Å²) in [4.78, 5) is 27.0. The molecular formula is C12H19N5O2. The maximum Gasteiger partial charge on any atom is 0.244 e. The van der Waals surface area contributed by atoms with Crippen LogP contribution >= 0.6 is 0 Å². The van der Waals surface area contributed by atoms with Crippen molar-refractivity contribution in [2.24, 2.45) is 0 Å². The standard InChI is InChI=1S/C12H19N5O2/c1-10(18)15-4-2-5-16(8-7-15)12(19)9-17-6-3-11(13)14-17/h3,6H,2,4-5,7-9H2,1H3,(H2,13,14). The molecule has 0 bridgehead atoms. The number of anilines is 1. The number of nitrogens with two attached hydrogens (primary N) is 1. The number of aromatic nitrogens is 2. The molecule has 1 aliphatic heterocycles. The summed E-state index contributed by atoms with van der Waals surface area (Å²) in [6.45, 7) is 4.33. The van der Waals surface area contributed by atoms with E-state index in [0.29, 0.717) is 32.0 Å². The van der Waals surface area contributed by atoms with Gasteiger partial charge in [0, 0.05) is 39.3 Å². The van der Waals surface area contributed by atoms with E-state index in [-0.39, 0.29) is 18.4 Å². The van der Waals surface area contributed by atoms with E-state index in [0.717, 1.165) is 6.42 Å². The molecule has 2 N–H and O–H groups in total. The highest BCUT2D eigenvalue weighted by Crippen LogP contribution is 2.05. The fraction of sp³-hybridized carbons (Fsp3) is 0.583. The SMILES string of the molecule is CC(=O)N1CCCN(C(=O)Cn2ccc(N)n2)CC1. The predicted octanol–water partition coefficient (Wildman–Crippen LogP) is -0.454. The van der Waals surface area contributed by atoms with Gasteiger partial charge < -0.3 is 15.5 Å². The summed E-state index contributed by atoms with van der Waals surface area (Å²) in [5.41, 5.74) is 5.51. The van der Waals surface area contributed by atoms with Gasteiger partial charge in [-0.3, -0.25) is 14.3 Å². The third kappa shape index (κ3) is 3.46. The van der Waals surface area contributed by atoms with E-state index in [2.05, 4.69) is 5.10 Å². The van der Waals surface area contributed by atoms with Crippen LogP contribution in [0.25, 0.3) is 0 Å². The van der Waals surface area contributed by atoms with E-state index in [1.807, 2.05) is 0 Å². The molecule has 1 aromatic rings. The Morgan fingerprint density at radius 2 is 1.95 bits per heavy atom. The Morgan fingerprint density at radius 3 is 2.58 bits per heavy atom. The first-order valence-corrected chi connectivity index (χ1v) is 6.38. The third-order valence-electron chi connectivity index (χ3n) is 3.25. The summed E-state index contributed by atoms with van der Waals surface area (Å²) >= 11 is 0. The van der Waals surface area contributed by atoms with Gasteiger partial charge in [0.1, 0.15) is 12.4 Å². The van der Waals surface area contributed by atoms with Gasteiger partial charge in [-0.1, -0.05) is 0 Å². The molecule has 1 saturated heterocycles. The van der Waals surface area contributed by atoms with Gasteiger partial charge in [-0.05, 0) is 12.5 Å². The highest BCUT2D eigenvalue weighted by atomic mass is 16.2. The molecule has 0 radical (unpaired) electrons. The van der Waals surface area contributed by atoms with Crippen molar-refractivity contribution in [1.29, 1.82) is 0 Å². The number of nitrogens with zero attached hydrogens (tertiary/aromatic N) is 4. The maximum absolute atomic E-state index is 12.1. The van der Waals surface area contributed by atoms with E-state index < -0.39 is 0 Å². The monoisotopic (exact) mass is 265 g/mol. The smallest absolute Gasteiger partial charge is 0.244 e. The van der Waals surface area contributed by atoms with Crippen molar-refractivity contribution in [3.8, 4) is 0 Å². The minimum Gasteiger partial charge on any atom is -0.382 e. The summed E-state index contributed by atoms with van der Waals surface area (Å²) in [6.07, 6.45) is 2.50. The fourth-order valence-corrected chi connectivity index (χ4v) is 2.19. The van der Waals surface area contributed by atoms with Gasteiger partial charge in [-0.15, -0.1) is 0 Å². The lowest BCUT2D eigenvalue weighted by molar-refractivity contribution is -0.133. The first kappa shape index (κ1) is 13.4. The molecule has 7 heteroatoms. The van der Waals surface area contributed by atoms with Crippen LogP contribution in [0.5, 0.6) is 0 Å². The van der Waals surface area contributed by atoms with Crippen molar-refractivity contribution in [2.75, 3.05) is 31.9 Å². The van der Waals surface area contributed by atoms with Crippen LogP contribution in [0.1, 0.15) is 13.3 Å². The zero-order valence-electron chi connectivity index (χ0n) is 11.1. The Kier molecular flexibility index (Phi) is 4.03. The minimum absolute atomic E-state index is 0.00787. The van der Waals surface area contributed by atoms with E-state index in [9.17, 15) is 9.59 Å². The summed E-state index contributed by atoms with van der Waals surface area (Å²) in [5.74, 6) is 0.481. The van der Waals surface area contributed by atoms with Crippen molar-refractivity contribution in [3.05, 3.63) is 12.3 Å². The number of carbonyl (C=O) groups is 2. The average molecular weight is 265 g/mol. The zero-order chi connectivity index (χ0) is 13.8. The molecule has 2 amide bonds. The quantitative estimate of drug-likeness (QED) is 0.784. The molecule has 2 heterocycles. The number of carbonyl (C=O) groups excluding carboxylic acids is 2. The molecule has 7 nitrogen and oxygen atoms in total. The second-order valence-electron chi connectivity index (χ2n) is 4.68. The van der Waals surface area contributed by atoms with Gasteiger partial charge in [0.15, 0.2) is 0 Å². The highest BCUT2D eigenvalue weighted by Gasteiger charge is 2.20. The second kappa shape index (κ2) is 5.73. The molecule has 0 atom stereocenters. The Morgan fingerprint density at radius 1 is 1.26 bits per heavy atom. The zero-order valence-corrected chi connectivity index (χ0v) is 11.1. The Hall–Kier alpha value is -2.05. The fourth-order valence-electron chi connectivity index (χ4n) is 2.19. The summed E-state index contributed by atoms with van der Waals surface area (Å²) in [6, 6.07) is 1.66. The van der Waals surface area contributed by atoms with Crippen molar-refractivity contribution >= 4 is 17.6 Å². The van der Waals surface area contributed by atoms with Crippen LogP contribution in [-0.4, -0.2) is 57.6 Å². The molecule has 1 aromatic heterocycles. The van der Waals surface area contributed by atoms with E-state index in [1.54, 1.807) is 29.0 Å². The van der Waals surface area contributed by atoms with E-state index in [1.165, 1.54) is 4.68 Å². The number of hydrogen-bond donors (Lipinski definition) is 1. The van der Waals surface area contributed by atoms with Crippen molar-refractivity contribution in [3.63, 3.8) is 0 Å². The lowest BCUT2D eigenvalue weighted by Gasteiger charge is -2.21. The van der Waals surface area contributed by atoms with Crippen molar-refractivity contribution < 1.29 is 9.59 Å². The van der Waals surface area contributed by atoms with Crippen LogP contribution in [0.3, 0.4) is 0 Å². The summed E-state index contributed by atoms with van der Waals surface area (Å²) in [7, 11) is 0. The lowest BCUT2D eigenvalue weighted by Crippen LogP contribution is -2.38. The minimum atomic E-state index is 0.00787. The number of nitrogen functional groups attached to an aromatic ring is 1. The molecule has 19 heavy (non-hydrogen) atoms. The molecule has 1 aliphatic rings. The third-order valence-corrected chi connectivity index (χ3v) is 3.25. The van der Waals surface area contributed by atoms with Gasteiger partial charge in [0.2, 0.25) is 11.8 Å². The molecule has 104 valence electrons. The van der Waals surface area contributed by atoms with Crippen LogP contribution < -0.4 is 5.73 Å². The normalized spacial score (nSPS) is 16.3. The summed E-state index contributed by atoms with van der Waals surface area (Å²) < 4.78 is 1.53. The van der Waals surface area contributed by atoms with Crippen molar-refractivity contribution in [2.45, 2.75) is 19.9 Å². The molecule has 0 unspecified atom stereocenters. The van der Waals surface area contributed by atoms with Crippen molar-refractivity contribution in [1.82, 2.24) is 19.6 Å². The molecule has 2 rings (SSSR count). The molecule has 0 saturated carbocycles. The average Bonchev–Trinajstić information content (AvgIpc) is 2.65. The van der Waals surface area contributed by atoms with Crippen LogP contribution in [0.2, 0.25) is 0 Å². The van der Waals surface area contributed by atoms with E-state index in [4.69, 9.17) is 5.73 Å². The first-order chi connectivity index (χ1) is 9.06. The van der Waals surface area contributed by atoms with E-state index >= 15 is 0 Å². The number of amides is 2. The lowest BCUT2D eigenvalue weighted by atomic mass is 10.3. The second-order valence-corrected chi connectivity index (χ2v) is 4.68. The van der Waals surface area contributed by atoms with Crippen LogP contribution in [0, 0.1) is 0 Å². The maximum atomic E-state index is 12.1. The van der Waals surface area contributed by atoms with Crippen LogP contribution in [-0.2, 0) is 16.1 Å². The summed E-state index contributed by atoms with van der Waals surface area (Å²) in [5, 5.41) is 3.99. The highest BCUT2D eigenvalue weighted by molar-refractivity contribution is 5.76. The van der Waals surface area contributed by atoms with Crippen LogP contribution in [0.15, 0.2) is 12.3 Å². The molecule has 0 aromatic carbocycles. The van der Waals surface area contributed by atoms with Gasteiger partial charge in [-0.25, -0.2) is 0 Å². The molecule has 1 fully saturated rings.